The molecule has 0 fully saturated rings. The minimum atomic E-state index is -0.918. The van der Waals surface area contributed by atoms with Crippen LogP contribution >= 0.6 is 11.6 Å². The molecule has 0 amide bonds. The largest absolute Gasteiger partial charge is 0.489 e. The van der Waals surface area contributed by atoms with Crippen LogP contribution in [0.1, 0.15) is 76.8 Å². The molecule has 0 atom stereocenters. The van der Waals surface area contributed by atoms with Crippen molar-refractivity contribution in [1.82, 2.24) is 4.90 Å². The van der Waals surface area contributed by atoms with Crippen LogP contribution in [0.3, 0.4) is 0 Å². The van der Waals surface area contributed by atoms with Crippen molar-refractivity contribution >= 4 is 39.9 Å². The Balaban J connectivity index is 1.52. The van der Waals surface area contributed by atoms with Gasteiger partial charge in [0.25, 0.3) is 0 Å². The fourth-order valence-corrected chi connectivity index (χ4v) is 7.47. The molecule has 0 radical (unpaired) electrons. The van der Waals surface area contributed by atoms with E-state index in [0.29, 0.717) is 59.8 Å². The van der Waals surface area contributed by atoms with Crippen molar-refractivity contribution in [2.24, 2.45) is 10.8 Å². The zero-order valence-electron chi connectivity index (χ0n) is 25.7. The average Bonchev–Trinajstić information content (AvgIpc) is 2.93. The van der Waals surface area contributed by atoms with E-state index in [-0.39, 0.29) is 35.4 Å². The Morgan fingerprint density at radius 2 is 1.50 bits per heavy atom. The van der Waals surface area contributed by atoms with Gasteiger partial charge in [0.1, 0.15) is 12.4 Å². The summed E-state index contributed by atoms with van der Waals surface area (Å²) in [5.74, 6) is -1.04. The number of allylic oxidation sites excluding steroid dienone is 4. The number of hydrogen-bond donors (Lipinski definition) is 1. The highest BCUT2D eigenvalue weighted by atomic mass is 35.5. The van der Waals surface area contributed by atoms with Crippen molar-refractivity contribution in [1.29, 1.82) is 0 Å². The predicted octanol–water partition coefficient (Wildman–Crippen LogP) is 8.23. The van der Waals surface area contributed by atoms with E-state index < -0.39 is 11.9 Å². The molecule has 3 aromatic carbocycles. The summed E-state index contributed by atoms with van der Waals surface area (Å²) < 4.78 is 6.54. The third kappa shape index (κ3) is 5.68. The van der Waals surface area contributed by atoms with E-state index in [0.717, 1.165) is 27.7 Å². The Bertz CT molecular complexity index is 1710. The standard InChI is InChI=1S/C37H38ClNO5/c1-36(2)17-27-34(29(40)19-36)33(35-28(39(27)15-14-32(42)43)18-37(3,4)20-30(35)41)26-16-24(38)12-13-31(26)44-21-23-10-7-9-22-8-5-6-11-25(22)23/h5-13,16,33H,14-15,17-21H2,1-4H3,(H,42,43). The van der Waals surface area contributed by atoms with Gasteiger partial charge in [0.2, 0.25) is 0 Å². The van der Waals surface area contributed by atoms with Gasteiger partial charge in [-0.3, -0.25) is 14.4 Å². The first kappa shape index (κ1) is 30.1. The van der Waals surface area contributed by atoms with E-state index in [1.165, 1.54) is 0 Å². The van der Waals surface area contributed by atoms with Crippen LogP contribution in [0.2, 0.25) is 5.02 Å². The van der Waals surface area contributed by atoms with E-state index in [9.17, 15) is 19.5 Å². The van der Waals surface area contributed by atoms with Gasteiger partial charge in [0, 0.05) is 58.4 Å². The summed E-state index contributed by atoms with van der Waals surface area (Å²) in [6.07, 6.45) is 1.77. The number of carboxylic acid groups (broad SMARTS) is 1. The molecule has 2 aliphatic carbocycles. The monoisotopic (exact) mass is 611 g/mol. The average molecular weight is 612 g/mol. The molecule has 228 valence electrons. The molecule has 3 aromatic rings. The lowest BCUT2D eigenvalue weighted by molar-refractivity contribution is -0.137. The molecule has 6 nitrogen and oxygen atoms in total. The summed E-state index contributed by atoms with van der Waals surface area (Å²) >= 11 is 6.63. The van der Waals surface area contributed by atoms with Crippen LogP contribution in [0, 0.1) is 10.8 Å². The molecule has 0 bridgehead atoms. The number of Topliss-reactive ketones (excluding diaryl/α,β-unsaturated/α-hetero) is 2. The van der Waals surface area contributed by atoms with Gasteiger partial charge in [0.05, 0.1) is 6.42 Å². The van der Waals surface area contributed by atoms with Gasteiger partial charge in [-0.25, -0.2) is 0 Å². The van der Waals surface area contributed by atoms with Crippen LogP contribution in [0.25, 0.3) is 10.8 Å². The molecule has 3 aliphatic rings. The molecule has 1 heterocycles. The van der Waals surface area contributed by atoms with Crippen molar-refractivity contribution in [3.8, 4) is 5.75 Å². The van der Waals surface area contributed by atoms with Crippen molar-refractivity contribution in [2.75, 3.05) is 6.54 Å². The maximum Gasteiger partial charge on any atom is 0.305 e. The molecule has 0 saturated carbocycles. The summed E-state index contributed by atoms with van der Waals surface area (Å²) in [7, 11) is 0. The quantitative estimate of drug-likeness (QED) is 0.290. The molecule has 6 rings (SSSR count). The molecule has 0 unspecified atom stereocenters. The van der Waals surface area contributed by atoms with Crippen molar-refractivity contribution in [2.45, 2.75) is 72.3 Å². The number of carboxylic acids is 1. The number of ketones is 2. The molecule has 1 N–H and O–H groups in total. The number of halogens is 1. The van der Waals surface area contributed by atoms with Crippen molar-refractivity contribution in [3.05, 3.63) is 99.4 Å². The Morgan fingerprint density at radius 3 is 2.14 bits per heavy atom. The number of benzene rings is 3. The number of aliphatic carboxylic acids is 1. The van der Waals surface area contributed by atoms with Crippen LogP contribution in [0.4, 0.5) is 0 Å². The summed E-state index contributed by atoms with van der Waals surface area (Å²) in [4.78, 5) is 42.0. The second-order valence-corrected chi connectivity index (χ2v) is 14.4. The maximum atomic E-state index is 14.1. The molecule has 0 saturated heterocycles. The fourth-order valence-electron chi connectivity index (χ4n) is 7.29. The summed E-state index contributed by atoms with van der Waals surface area (Å²) in [5.41, 5.74) is 3.88. The molecule has 1 aliphatic heterocycles. The minimum Gasteiger partial charge on any atom is -0.489 e. The first-order chi connectivity index (χ1) is 20.8. The van der Waals surface area contributed by atoms with E-state index in [1.807, 2.05) is 41.3 Å². The topological polar surface area (TPSA) is 83.9 Å². The van der Waals surface area contributed by atoms with E-state index in [1.54, 1.807) is 6.07 Å². The van der Waals surface area contributed by atoms with E-state index in [2.05, 4.69) is 45.9 Å². The Kier molecular flexibility index (Phi) is 7.69. The number of rotatable bonds is 7. The van der Waals surface area contributed by atoms with Crippen LogP contribution < -0.4 is 4.74 Å². The Hall–Kier alpha value is -3.90. The van der Waals surface area contributed by atoms with Gasteiger partial charge < -0.3 is 14.7 Å². The van der Waals surface area contributed by atoms with E-state index in [4.69, 9.17) is 16.3 Å². The number of carbonyl (C=O) groups is 3. The lowest BCUT2D eigenvalue weighted by Crippen LogP contribution is -2.45. The number of ether oxygens (including phenoxy) is 1. The minimum absolute atomic E-state index is 0.0225. The second kappa shape index (κ2) is 11.2. The number of carbonyl (C=O) groups excluding carboxylic acids is 2. The molecule has 7 heteroatoms. The summed E-state index contributed by atoms with van der Waals surface area (Å²) in [6, 6.07) is 19.7. The van der Waals surface area contributed by atoms with Gasteiger partial charge in [-0.15, -0.1) is 0 Å². The van der Waals surface area contributed by atoms with Crippen molar-refractivity contribution in [3.63, 3.8) is 0 Å². The van der Waals surface area contributed by atoms with Crippen LogP contribution in [0.5, 0.6) is 5.75 Å². The second-order valence-electron chi connectivity index (χ2n) is 13.9. The zero-order chi connectivity index (χ0) is 31.4. The zero-order valence-corrected chi connectivity index (χ0v) is 26.5. The molecular weight excluding hydrogens is 574 g/mol. The summed E-state index contributed by atoms with van der Waals surface area (Å²) in [5, 5.41) is 12.3. The van der Waals surface area contributed by atoms with Gasteiger partial charge in [-0.1, -0.05) is 81.8 Å². The number of nitrogens with zero attached hydrogens (tertiary/aromatic N) is 1. The Morgan fingerprint density at radius 1 is 0.886 bits per heavy atom. The van der Waals surface area contributed by atoms with Crippen LogP contribution in [-0.2, 0) is 21.0 Å². The highest BCUT2D eigenvalue weighted by Crippen LogP contribution is 2.55. The molecule has 44 heavy (non-hydrogen) atoms. The van der Waals surface area contributed by atoms with Gasteiger partial charge in [-0.2, -0.15) is 0 Å². The lowest BCUT2D eigenvalue weighted by atomic mass is 9.63. The van der Waals surface area contributed by atoms with Crippen LogP contribution in [0.15, 0.2) is 83.2 Å². The maximum absolute atomic E-state index is 14.1. The number of fused-ring (bicyclic) bond motifs is 1. The molecule has 0 spiro atoms. The first-order valence-corrected chi connectivity index (χ1v) is 15.6. The highest BCUT2D eigenvalue weighted by Gasteiger charge is 2.49. The summed E-state index contributed by atoms with van der Waals surface area (Å²) in [6.45, 7) is 8.77. The molecule has 0 aromatic heterocycles. The van der Waals surface area contributed by atoms with Gasteiger partial charge in [-0.05, 0) is 58.2 Å². The number of hydrogen-bond acceptors (Lipinski definition) is 5. The Labute approximate surface area is 263 Å². The predicted molar refractivity (Wildman–Crippen MR) is 172 cm³/mol. The third-order valence-electron chi connectivity index (χ3n) is 9.12. The van der Waals surface area contributed by atoms with Gasteiger partial charge >= 0.3 is 5.97 Å². The normalized spacial score (nSPS) is 19.7. The smallest absolute Gasteiger partial charge is 0.305 e. The third-order valence-corrected chi connectivity index (χ3v) is 9.35. The fraction of sp³-hybridized carbons (Fsp3) is 0.378. The first-order valence-electron chi connectivity index (χ1n) is 15.2. The molecular formula is C37H38ClNO5. The highest BCUT2D eigenvalue weighted by molar-refractivity contribution is 6.30. The van der Waals surface area contributed by atoms with E-state index >= 15 is 0 Å². The lowest BCUT2D eigenvalue weighted by Gasteiger charge is -2.49. The van der Waals surface area contributed by atoms with Crippen molar-refractivity contribution < 1.29 is 24.2 Å². The van der Waals surface area contributed by atoms with Crippen LogP contribution in [-0.4, -0.2) is 34.1 Å². The van der Waals surface area contributed by atoms with Gasteiger partial charge in [0.15, 0.2) is 11.6 Å². The SMILES string of the molecule is CC1(C)CC(=O)C2=C(C1)N(CCC(=O)O)C1=C(C(=O)CC(C)(C)C1)C2c1cc(Cl)ccc1OCc1cccc2ccccc12.